The Bertz CT molecular complexity index is 364. The molecule has 0 saturated carbocycles. The number of aryl methyl sites for hydroxylation is 1. The van der Waals surface area contributed by atoms with E-state index in [1.54, 1.807) is 11.1 Å². The van der Waals surface area contributed by atoms with Gasteiger partial charge in [0.1, 0.15) is 0 Å². The molecule has 0 nitrogen and oxygen atoms in total. The highest BCUT2D eigenvalue weighted by molar-refractivity contribution is 7.08. The van der Waals surface area contributed by atoms with Gasteiger partial charge in [-0.3, -0.25) is 0 Å². The first-order valence-electron chi connectivity index (χ1n) is 10.3. The van der Waals surface area contributed by atoms with Gasteiger partial charge in [-0.05, 0) is 47.1 Å². The Labute approximate surface area is 150 Å². The van der Waals surface area contributed by atoms with Crippen LogP contribution >= 0.6 is 11.3 Å². The van der Waals surface area contributed by atoms with Crippen molar-refractivity contribution in [1.29, 1.82) is 0 Å². The molecule has 134 valence electrons. The third kappa shape index (κ3) is 11.0. The summed E-state index contributed by atoms with van der Waals surface area (Å²) in [6.45, 7) is 6.94. The summed E-state index contributed by atoms with van der Waals surface area (Å²) < 4.78 is 0. The highest BCUT2D eigenvalue weighted by atomic mass is 32.1. The summed E-state index contributed by atoms with van der Waals surface area (Å²) in [6.07, 6.45) is 19.9. The molecule has 23 heavy (non-hydrogen) atoms. The van der Waals surface area contributed by atoms with Gasteiger partial charge in [0.15, 0.2) is 0 Å². The third-order valence-corrected chi connectivity index (χ3v) is 5.60. The summed E-state index contributed by atoms with van der Waals surface area (Å²) in [5.74, 6) is 0.783. The van der Waals surface area contributed by atoms with Gasteiger partial charge in [-0.15, -0.1) is 0 Å². The van der Waals surface area contributed by atoms with Crippen molar-refractivity contribution >= 4 is 11.3 Å². The van der Waals surface area contributed by atoms with Crippen LogP contribution < -0.4 is 0 Å². The molecular formula is C22H40S. The molecule has 0 fully saturated rings. The molecule has 0 saturated heterocycles. The third-order valence-electron chi connectivity index (χ3n) is 4.76. The average molecular weight is 337 g/mol. The molecular weight excluding hydrogens is 296 g/mol. The average Bonchev–Trinajstić information content (AvgIpc) is 2.95. The molecule has 0 aromatic carbocycles. The summed E-state index contributed by atoms with van der Waals surface area (Å²) in [6, 6.07) is 0. The lowest BCUT2D eigenvalue weighted by atomic mass is 9.98. The molecule has 1 heterocycles. The zero-order valence-electron chi connectivity index (χ0n) is 16.0. The summed E-state index contributed by atoms with van der Waals surface area (Å²) in [4.78, 5) is 0. The lowest BCUT2D eigenvalue weighted by Crippen LogP contribution is -1.96. The van der Waals surface area contributed by atoms with E-state index in [0.717, 1.165) is 5.92 Å². The number of hydrogen-bond acceptors (Lipinski definition) is 1. The zero-order chi connectivity index (χ0) is 16.8. The second kappa shape index (κ2) is 14.1. The maximum absolute atomic E-state index is 2.39. The molecule has 0 atom stereocenters. The molecule has 1 heteroatoms. The van der Waals surface area contributed by atoms with Crippen LogP contribution in [0, 0.1) is 5.92 Å². The van der Waals surface area contributed by atoms with Crippen LogP contribution in [0.25, 0.3) is 0 Å². The second-order valence-corrected chi connectivity index (χ2v) is 8.40. The second-order valence-electron chi connectivity index (χ2n) is 7.66. The van der Waals surface area contributed by atoms with Crippen molar-refractivity contribution in [2.45, 2.75) is 111 Å². The predicted octanol–water partition coefficient (Wildman–Crippen LogP) is 8.19. The predicted molar refractivity (Wildman–Crippen MR) is 108 cm³/mol. The SMILES string of the molecule is CCCCCCCCCCCCCCc1cscc1CC(C)C. The first-order chi connectivity index (χ1) is 11.2. The fourth-order valence-electron chi connectivity index (χ4n) is 3.34. The molecule has 0 amide bonds. The molecule has 0 radical (unpaired) electrons. The van der Waals surface area contributed by atoms with Crippen LogP contribution in [0.15, 0.2) is 10.8 Å². The molecule has 0 aliphatic carbocycles. The Morgan fingerprint density at radius 2 is 1.17 bits per heavy atom. The van der Waals surface area contributed by atoms with Gasteiger partial charge in [-0.25, -0.2) is 0 Å². The highest BCUT2D eigenvalue weighted by Crippen LogP contribution is 2.21. The van der Waals surface area contributed by atoms with Crippen LogP contribution in [0.5, 0.6) is 0 Å². The number of thiophene rings is 1. The standard InChI is InChI=1S/C22H40S/c1-4-5-6-7-8-9-10-11-12-13-14-15-16-21-18-23-19-22(21)17-20(2)3/h18-20H,4-17H2,1-3H3. The largest absolute Gasteiger partial charge is 0.152 e. The fraction of sp³-hybridized carbons (Fsp3) is 0.818. The van der Waals surface area contributed by atoms with Gasteiger partial charge in [0.2, 0.25) is 0 Å². The van der Waals surface area contributed by atoms with Crippen molar-refractivity contribution < 1.29 is 0 Å². The van der Waals surface area contributed by atoms with Crippen LogP contribution in [-0.4, -0.2) is 0 Å². The number of hydrogen-bond donors (Lipinski definition) is 0. The molecule has 0 spiro atoms. The lowest BCUT2D eigenvalue weighted by molar-refractivity contribution is 0.543. The minimum Gasteiger partial charge on any atom is -0.152 e. The van der Waals surface area contributed by atoms with Crippen LogP contribution in [0.4, 0.5) is 0 Å². The van der Waals surface area contributed by atoms with Crippen LogP contribution in [0.1, 0.15) is 109 Å². The monoisotopic (exact) mass is 336 g/mol. The van der Waals surface area contributed by atoms with Crippen molar-refractivity contribution in [3.05, 3.63) is 21.9 Å². The van der Waals surface area contributed by atoms with Gasteiger partial charge >= 0.3 is 0 Å². The van der Waals surface area contributed by atoms with Gasteiger partial charge in [-0.1, -0.05) is 91.4 Å². The fourth-order valence-corrected chi connectivity index (χ4v) is 4.26. The topological polar surface area (TPSA) is 0 Å². The lowest BCUT2D eigenvalue weighted by Gasteiger charge is -2.07. The van der Waals surface area contributed by atoms with Gasteiger partial charge in [-0.2, -0.15) is 11.3 Å². The molecule has 1 aromatic heterocycles. The summed E-state index contributed by atoms with van der Waals surface area (Å²) in [5.41, 5.74) is 3.25. The Kier molecular flexibility index (Phi) is 12.7. The van der Waals surface area contributed by atoms with E-state index >= 15 is 0 Å². The van der Waals surface area contributed by atoms with Crippen LogP contribution in [0.3, 0.4) is 0 Å². The van der Waals surface area contributed by atoms with Crippen LogP contribution in [-0.2, 0) is 12.8 Å². The number of rotatable bonds is 15. The van der Waals surface area contributed by atoms with Crippen molar-refractivity contribution in [3.8, 4) is 0 Å². The van der Waals surface area contributed by atoms with Gasteiger partial charge < -0.3 is 0 Å². The van der Waals surface area contributed by atoms with E-state index in [-0.39, 0.29) is 0 Å². The van der Waals surface area contributed by atoms with E-state index < -0.39 is 0 Å². The van der Waals surface area contributed by atoms with E-state index in [1.165, 1.54) is 89.9 Å². The van der Waals surface area contributed by atoms with E-state index in [4.69, 9.17) is 0 Å². The van der Waals surface area contributed by atoms with E-state index in [1.807, 2.05) is 11.3 Å². The minimum absolute atomic E-state index is 0.783. The number of unbranched alkanes of at least 4 members (excludes halogenated alkanes) is 11. The van der Waals surface area contributed by atoms with Gasteiger partial charge in [0, 0.05) is 0 Å². The maximum Gasteiger partial charge on any atom is -0.00583 e. The van der Waals surface area contributed by atoms with Crippen molar-refractivity contribution in [3.63, 3.8) is 0 Å². The van der Waals surface area contributed by atoms with E-state index in [0.29, 0.717) is 0 Å². The molecule has 0 unspecified atom stereocenters. The highest BCUT2D eigenvalue weighted by Gasteiger charge is 2.05. The first kappa shape index (κ1) is 20.7. The summed E-state index contributed by atoms with van der Waals surface area (Å²) in [5, 5.41) is 4.76. The van der Waals surface area contributed by atoms with Gasteiger partial charge in [0.25, 0.3) is 0 Å². The van der Waals surface area contributed by atoms with Crippen molar-refractivity contribution in [2.24, 2.45) is 5.92 Å². The Hall–Kier alpha value is -0.300. The Morgan fingerprint density at radius 1 is 0.696 bits per heavy atom. The van der Waals surface area contributed by atoms with Gasteiger partial charge in [0.05, 0.1) is 0 Å². The molecule has 0 aliphatic heterocycles. The van der Waals surface area contributed by atoms with E-state index in [9.17, 15) is 0 Å². The molecule has 0 N–H and O–H groups in total. The normalized spacial score (nSPS) is 11.5. The molecule has 1 rings (SSSR count). The smallest absolute Gasteiger partial charge is 0.00583 e. The first-order valence-corrected chi connectivity index (χ1v) is 11.2. The van der Waals surface area contributed by atoms with Crippen molar-refractivity contribution in [1.82, 2.24) is 0 Å². The maximum atomic E-state index is 2.39. The summed E-state index contributed by atoms with van der Waals surface area (Å²) >= 11 is 1.89. The zero-order valence-corrected chi connectivity index (χ0v) is 16.9. The Balaban J connectivity index is 1.91. The molecule has 1 aromatic rings. The minimum atomic E-state index is 0.783. The quantitative estimate of drug-likeness (QED) is 0.283. The van der Waals surface area contributed by atoms with Crippen LogP contribution in [0.2, 0.25) is 0 Å². The Morgan fingerprint density at radius 3 is 1.70 bits per heavy atom. The van der Waals surface area contributed by atoms with Crippen molar-refractivity contribution in [2.75, 3.05) is 0 Å². The van der Waals surface area contributed by atoms with E-state index in [2.05, 4.69) is 31.5 Å². The molecule has 0 aliphatic rings. The summed E-state index contributed by atoms with van der Waals surface area (Å²) in [7, 11) is 0. The molecule has 0 bridgehead atoms.